The van der Waals surface area contributed by atoms with Crippen LogP contribution in [0, 0.1) is 25.2 Å². The first-order chi connectivity index (χ1) is 17.8. The number of morpholine rings is 1. The summed E-state index contributed by atoms with van der Waals surface area (Å²) in [5.41, 5.74) is 4.11. The molecule has 37 heavy (non-hydrogen) atoms. The third-order valence-electron chi connectivity index (χ3n) is 6.78. The smallest absolute Gasteiger partial charge is 0.262 e. The van der Waals surface area contributed by atoms with Crippen LogP contribution in [-0.2, 0) is 19.6 Å². The van der Waals surface area contributed by atoms with Gasteiger partial charge in [0.25, 0.3) is 5.91 Å². The van der Waals surface area contributed by atoms with Gasteiger partial charge in [0, 0.05) is 44.1 Å². The van der Waals surface area contributed by atoms with E-state index in [1.165, 1.54) is 4.31 Å². The maximum absolute atomic E-state index is 13.5. The Hall–Kier alpha value is -3.39. The summed E-state index contributed by atoms with van der Waals surface area (Å²) in [7, 11) is -3.69. The van der Waals surface area contributed by atoms with Gasteiger partial charge in [-0.2, -0.15) is 9.57 Å². The van der Waals surface area contributed by atoms with Crippen molar-refractivity contribution in [2.75, 3.05) is 50.8 Å². The number of carbonyl (C=O) groups is 1. The summed E-state index contributed by atoms with van der Waals surface area (Å²) in [5.74, 6) is -0.469. The van der Waals surface area contributed by atoms with Gasteiger partial charge in [-0.1, -0.05) is 6.08 Å². The highest BCUT2D eigenvalue weighted by molar-refractivity contribution is 7.89. The fourth-order valence-corrected chi connectivity index (χ4v) is 6.30. The van der Waals surface area contributed by atoms with Crippen LogP contribution in [0.25, 0.3) is 11.8 Å². The minimum absolute atomic E-state index is 0.00878. The third-order valence-corrected chi connectivity index (χ3v) is 8.68. The van der Waals surface area contributed by atoms with E-state index in [0.29, 0.717) is 26.3 Å². The number of aryl methyl sites for hydroxylation is 1. The second kappa shape index (κ2) is 11.3. The summed E-state index contributed by atoms with van der Waals surface area (Å²) in [6, 6.07) is 9.21. The topological polar surface area (TPSA) is 108 Å². The number of sulfonamides is 1. The van der Waals surface area contributed by atoms with Crippen LogP contribution in [0.5, 0.6) is 0 Å². The SMILES string of the molecule is C=CCNC(=O)C(C#N)=Cc1cc(C)n(-c2cc(S(=O)(=O)N3CCOCC3)ccc2N2CCCC2)c1C. The molecule has 10 heteroatoms. The van der Waals surface area contributed by atoms with E-state index >= 15 is 0 Å². The Kier molecular flexibility index (Phi) is 8.17. The van der Waals surface area contributed by atoms with Crippen molar-refractivity contribution in [3.63, 3.8) is 0 Å². The molecule has 1 aromatic carbocycles. The molecular weight excluding hydrogens is 490 g/mol. The van der Waals surface area contributed by atoms with Gasteiger partial charge in [0.2, 0.25) is 10.0 Å². The molecule has 9 nitrogen and oxygen atoms in total. The van der Waals surface area contributed by atoms with Crippen LogP contribution in [0.15, 0.2) is 47.4 Å². The maximum Gasteiger partial charge on any atom is 0.262 e. The van der Waals surface area contributed by atoms with Gasteiger partial charge in [0.15, 0.2) is 0 Å². The molecule has 2 aromatic rings. The van der Waals surface area contributed by atoms with E-state index in [1.807, 2.05) is 36.6 Å². The highest BCUT2D eigenvalue weighted by Gasteiger charge is 2.29. The number of anilines is 1. The number of carbonyl (C=O) groups excluding carboxylic acids is 1. The van der Waals surface area contributed by atoms with Gasteiger partial charge in [-0.25, -0.2) is 8.42 Å². The van der Waals surface area contributed by atoms with Crippen LogP contribution in [0.3, 0.4) is 0 Å². The van der Waals surface area contributed by atoms with Gasteiger partial charge in [0.05, 0.1) is 29.5 Å². The molecule has 2 aliphatic rings. The Morgan fingerprint density at radius 1 is 1.14 bits per heavy atom. The van der Waals surface area contributed by atoms with Gasteiger partial charge in [-0.3, -0.25) is 4.79 Å². The third kappa shape index (κ3) is 5.49. The molecule has 2 saturated heterocycles. The van der Waals surface area contributed by atoms with Crippen molar-refractivity contribution in [2.24, 2.45) is 0 Å². The summed E-state index contributed by atoms with van der Waals surface area (Å²) in [5, 5.41) is 12.2. The molecule has 2 aliphatic heterocycles. The van der Waals surface area contributed by atoms with Gasteiger partial charge in [-0.15, -0.1) is 6.58 Å². The number of nitrogens with zero attached hydrogens (tertiary/aromatic N) is 4. The van der Waals surface area contributed by atoms with E-state index in [2.05, 4.69) is 16.8 Å². The zero-order chi connectivity index (χ0) is 26.6. The average molecular weight is 524 g/mol. The summed E-state index contributed by atoms with van der Waals surface area (Å²) in [6.07, 6.45) is 5.28. The summed E-state index contributed by atoms with van der Waals surface area (Å²) < 4.78 is 35.8. The van der Waals surface area contributed by atoms with Crippen molar-refractivity contribution in [3.05, 3.63) is 59.4 Å². The van der Waals surface area contributed by atoms with Gasteiger partial charge in [-0.05, 0) is 62.6 Å². The first-order valence-electron chi connectivity index (χ1n) is 12.4. The standard InChI is InChI=1S/C27H33N5O4S/c1-4-9-29-27(33)23(19-28)17-22-16-20(2)32(21(22)3)26-18-24(7-8-25(26)30-10-5-6-11-30)37(34,35)31-12-14-36-15-13-31/h4,7-8,16-18H,1,5-6,9-15H2,2-3H3,(H,29,33). The van der Waals surface area contributed by atoms with E-state index < -0.39 is 15.9 Å². The molecule has 196 valence electrons. The molecule has 0 radical (unpaired) electrons. The highest BCUT2D eigenvalue weighted by Crippen LogP contribution is 2.34. The number of amides is 1. The second-order valence-corrected chi connectivity index (χ2v) is 11.1. The molecule has 0 bridgehead atoms. The molecule has 0 saturated carbocycles. The molecule has 3 heterocycles. The molecule has 0 atom stereocenters. The van der Waals surface area contributed by atoms with Gasteiger partial charge >= 0.3 is 0 Å². The Balaban J connectivity index is 1.82. The molecule has 0 aliphatic carbocycles. The normalized spacial score (nSPS) is 17.0. The fraction of sp³-hybridized carbons (Fsp3) is 0.407. The highest BCUT2D eigenvalue weighted by atomic mass is 32.2. The molecule has 0 unspecified atom stereocenters. The molecule has 2 fully saturated rings. The molecule has 1 N–H and O–H groups in total. The predicted molar refractivity (Wildman–Crippen MR) is 143 cm³/mol. The van der Waals surface area contributed by atoms with Crippen molar-refractivity contribution in [1.29, 1.82) is 5.26 Å². The zero-order valence-electron chi connectivity index (χ0n) is 21.4. The van der Waals surface area contributed by atoms with Crippen molar-refractivity contribution >= 4 is 27.7 Å². The van der Waals surface area contributed by atoms with E-state index in [0.717, 1.165) is 54.3 Å². The number of nitriles is 1. The number of rotatable bonds is 8. The lowest BCUT2D eigenvalue weighted by Crippen LogP contribution is -2.40. The monoisotopic (exact) mass is 523 g/mol. The van der Waals surface area contributed by atoms with Gasteiger partial charge in [0.1, 0.15) is 11.6 Å². The number of nitrogens with one attached hydrogen (secondary N) is 1. The Morgan fingerprint density at radius 3 is 2.49 bits per heavy atom. The minimum atomic E-state index is -3.69. The number of ether oxygens (including phenoxy) is 1. The van der Waals surface area contributed by atoms with Crippen LogP contribution in [0.1, 0.15) is 29.8 Å². The summed E-state index contributed by atoms with van der Waals surface area (Å²) in [6.45, 7) is 10.9. The van der Waals surface area contributed by atoms with Crippen LogP contribution in [0.4, 0.5) is 5.69 Å². The number of hydrogen-bond donors (Lipinski definition) is 1. The van der Waals surface area contributed by atoms with Crippen LogP contribution in [0.2, 0.25) is 0 Å². The lowest BCUT2D eigenvalue weighted by atomic mass is 10.1. The van der Waals surface area contributed by atoms with Crippen molar-refractivity contribution in [2.45, 2.75) is 31.6 Å². The van der Waals surface area contributed by atoms with Crippen molar-refractivity contribution < 1.29 is 17.9 Å². The zero-order valence-corrected chi connectivity index (χ0v) is 22.2. The van der Waals surface area contributed by atoms with E-state index in [1.54, 1.807) is 24.3 Å². The van der Waals surface area contributed by atoms with Crippen LogP contribution >= 0.6 is 0 Å². The van der Waals surface area contributed by atoms with Crippen molar-refractivity contribution in [3.8, 4) is 11.8 Å². The molecular formula is C27H33N5O4S. The Labute approximate surface area is 218 Å². The second-order valence-electron chi connectivity index (χ2n) is 9.19. The molecule has 0 spiro atoms. The van der Waals surface area contributed by atoms with E-state index in [-0.39, 0.29) is 17.0 Å². The largest absolute Gasteiger partial charge is 0.379 e. The number of benzene rings is 1. The Bertz CT molecular complexity index is 1360. The number of aromatic nitrogens is 1. The average Bonchev–Trinajstić information content (AvgIpc) is 3.53. The summed E-state index contributed by atoms with van der Waals surface area (Å²) >= 11 is 0. The lowest BCUT2D eigenvalue weighted by Gasteiger charge is -2.28. The molecule has 1 aromatic heterocycles. The predicted octanol–water partition coefficient (Wildman–Crippen LogP) is 2.92. The lowest BCUT2D eigenvalue weighted by molar-refractivity contribution is -0.116. The number of hydrogen-bond acceptors (Lipinski definition) is 6. The first-order valence-corrected chi connectivity index (χ1v) is 13.9. The first kappa shape index (κ1) is 26.7. The quantitative estimate of drug-likeness (QED) is 0.324. The minimum Gasteiger partial charge on any atom is -0.379 e. The van der Waals surface area contributed by atoms with E-state index in [4.69, 9.17) is 4.74 Å². The molecule has 4 rings (SSSR count). The molecule has 1 amide bonds. The van der Waals surface area contributed by atoms with Crippen LogP contribution in [-0.4, -0.2) is 69.1 Å². The van der Waals surface area contributed by atoms with Crippen molar-refractivity contribution in [1.82, 2.24) is 14.2 Å². The summed E-state index contributed by atoms with van der Waals surface area (Å²) in [4.78, 5) is 14.9. The maximum atomic E-state index is 13.5. The Morgan fingerprint density at radius 2 is 1.84 bits per heavy atom. The fourth-order valence-electron chi connectivity index (χ4n) is 4.87. The van der Waals surface area contributed by atoms with Crippen LogP contribution < -0.4 is 10.2 Å². The van der Waals surface area contributed by atoms with E-state index in [9.17, 15) is 18.5 Å². The van der Waals surface area contributed by atoms with Gasteiger partial charge < -0.3 is 19.5 Å².